The molecule has 3 nitrogen and oxygen atoms in total. The van der Waals surface area contributed by atoms with Crippen molar-refractivity contribution in [1.82, 2.24) is 5.32 Å². The van der Waals surface area contributed by atoms with E-state index in [0.717, 1.165) is 36.1 Å². The molecular weight excluding hydrogens is 328 g/mol. The lowest BCUT2D eigenvalue weighted by molar-refractivity contribution is 0.156. The summed E-state index contributed by atoms with van der Waals surface area (Å²) >= 11 is 3.46. The second kappa shape index (κ2) is 8.56. The molecule has 1 aliphatic heterocycles. The summed E-state index contributed by atoms with van der Waals surface area (Å²) in [7, 11) is 0. The van der Waals surface area contributed by atoms with Crippen LogP contribution in [-0.4, -0.2) is 25.4 Å². The first-order valence-electron chi connectivity index (χ1n) is 6.47. The monoisotopic (exact) mass is 346 g/mol. The molecule has 0 radical (unpaired) electrons. The van der Waals surface area contributed by atoms with Crippen LogP contribution in [0.5, 0.6) is 0 Å². The third kappa shape index (κ3) is 4.79. The number of oxime groups is 1. The van der Waals surface area contributed by atoms with Crippen molar-refractivity contribution in [3.63, 3.8) is 0 Å². The average molecular weight is 348 g/mol. The molecule has 1 fully saturated rings. The fourth-order valence-electron chi connectivity index (χ4n) is 2.21. The minimum Gasteiger partial charge on any atom is -0.396 e. The van der Waals surface area contributed by atoms with Gasteiger partial charge in [-0.15, -0.1) is 12.4 Å². The van der Waals surface area contributed by atoms with Gasteiger partial charge >= 0.3 is 0 Å². The Morgan fingerprint density at radius 1 is 1.32 bits per heavy atom. The highest BCUT2D eigenvalue weighted by molar-refractivity contribution is 9.10. The van der Waals surface area contributed by atoms with E-state index in [2.05, 4.69) is 50.7 Å². The molecular formula is C14H20BrClN2O. The van der Waals surface area contributed by atoms with Crippen molar-refractivity contribution in [2.24, 2.45) is 11.1 Å². The van der Waals surface area contributed by atoms with Crippen molar-refractivity contribution in [3.05, 3.63) is 34.3 Å². The van der Waals surface area contributed by atoms with E-state index < -0.39 is 0 Å². The van der Waals surface area contributed by atoms with Gasteiger partial charge in [0.25, 0.3) is 0 Å². The molecule has 5 heteroatoms. The molecule has 0 saturated carbocycles. The Morgan fingerprint density at radius 2 is 1.95 bits per heavy atom. The molecule has 2 rings (SSSR count). The van der Waals surface area contributed by atoms with E-state index in [4.69, 9.17) is 4.84 Å². The summed E-state index contributed by atoms with van der Waals surface area (Å²) in [4.78, 5) is 5.29. The summed E-state index contributed by atoms with van der Waals surface area (Å²) in [5.74, 6) is 0.499. The molecule has 1 saturated heterocycles. The van der Waals surface area contributed by atoms with E-state index in [9.17, 15) is 0 Å². The summed E-state index contributed by atoms with van der Waals surface area (Å²) in [6, 6.07) is 8.31. The highest BCUT2D eigenvalue weighted by atomic mass is 79.9. The maximum absolute atomic E-state index is 5.29. The average Bonchev–Trinajstić information content (AvgIpc) is 2.42. The van der Waals surface area contributed by atoms with Crippen LogP contribution in [0.4, 0.5) is 0 Å². The largest absolute Gasteiger partial charge is 0.396 e. The van der Waals surface area contributed by atoms with E-state index in [-0.39, 0.29) is 12.4 Å². The molecule has 0 aliphatic carbocycles. The second-order valence-electron chi connectivity index (χ2n) is 4.43. The molecule has 1 N–H and O–H groups in total. The zero-order chi connectivity index (χ0) is 12.8. The molecule has 106 valence electrons. The number of hydrogen-bond acceptors (Lipinski definition) is 3. The zero-order valence-corrected chi connectivity index (χ0v) is 13.5. The highest BCUT2D eigenvalue weighted by Gasteiger charge is 2.21. The third-order valence-corrected chi connectivity index (χ3v) is 3.69. The number of benzene rings is 1. The maximum atomic E-state index is 5.29. The van der Waals surface area contributed by atoms with E-state index in [1.165, 1.54) is 5.56 Å². The summed E-state index contributed by atoms with van der Waals surface area (Å²) in [6.07, 6.45) is 2.25. The van der Waals surface area contributed by atoms with Gasteiger partial charge in [0.05, 0.1) is 5.71 Å². The van der Waals surface area contributed by atoms with Gasteiger partial charge in [0.15, 0.2) is 0 Å². The Morgan fingerprint density at radius 3 is 2.53 bits per heavy atom. The first kappa shape index (κ1) is 16.5. The molecule has 1 aromatic rings. The molecule has 0 bridgehead atoms. The molecule has 1 aliphatic rings. The number of halogens is 2. The number of hydrogen-bond donors (Lipinski definition) is 1. The van der Waals surface area contributed by atoms with Crippen molar-refractivity contribution in [2.45, 2.75) is 19.8 Å². The van der Waals surface area contributed by atoms with Gasteiger partial charge in [-0.2, -0.15) is 0 Å². The number of piperidine rings is 1. The van der Waals surface area contributed by atoms with Crippen molar-refractivity contribution in [2.75, 3.05) is 19.7 Å². The van der Waals surface area contributed by atoms with Crippen LogP contribution in [0.15, 0.2) is 33.9 Å². The molecule has 19 heavy (non-hydrogen) atoms. The van der Waals surface area contributed by atoms with Gasteiger partial charge in [-0.3, -0.25) is 0 Å². The summed E-state index contributed by atoms with van der Waals surface area (Å²) < 4.78 is 1.09. The van der Waals surface area contributed by atoms with Crippen LogP contribution in [0.3, 0.4) is 0 Å². The smallest absolute Gasteiger partial charge is 0.114 e. The van der Waals surface area contributed by atoms with E-state index >= 15 is 0 Å². The predicted octanol–water partition coefficient (Wildman–Crippen LogP) is 3.61. The topological polar surface area (TPSA) is 33.6 Å². The normalized spacial score (nSPS) is 16.8. The van der Waals surface area contributed by atoms with Crippen molar-refractivity contribution in [3.8, 4) is 0 Å². The highest BCUT2D eigenvalue weighted by Crippen LogP contribution is 2.21. The Hall–Kier alpha value is -0.580. The van der Waals surface area contributed by atoms with Gasteiger partial charge in [-0.25, -0.2) is 0 Å². The lowest BCUT2D eigenvalue weighted by Crippen LogP contribution is -2.32. The van der Waals surface area contributed by atoms with E-state index in [1.807, 2.05) is 6.92 Å². The van der Waals surface area contributed by atoms with Crippen LogP contribution in [-0.2, 0) is 4.84 Å². The maximum Gasteiger partial charge on any atom is 0.114 e. The van der Waals surface area contributed by atoms with Crippen molar-refractivity contribution in [1.29, 1.82) is 0 Å². The van der Waals surface area contributed by atoms with Crippen LogP contribution in [0.1, 0.15) is 25.3 Å². The lowest BCUT2D eigenvalue weighted by Gasteiger charge is -2.24. The van der Waals surface area contributed by atoms with Crippen LogP contribution in [0, 0.1) is 5.92 Å². The summed E-state index contributed by atoms with van der Waals surface area (Å²) in [6.45, 7) is 4.70. The standard InChI is InChI=1S/C14H19BrN2O.ClH/c1-2-18-17-14(12-7-9-16-10-8-12)11-3-5-13(15)6-4-11;/h3-6,12,16H,2,7-10H2,1H3;1H/b17-14-;. The Kier molecular flexibility index (Phi) is 7.42. The summed E-state index contributed by atoms with van der Waals surface area (Å²) in [5, 5.41) is 7.72. The SMILES string of the molecule is CCO/N=C(/c1ccc(Br)cc1)C1CCNCC1.Cl. The number of nitrogens with zero attached hydrogens (tertiary/aromatic N) is 1. The van der Waals surface area contributed by atoms with Crippen molar-refractivity contribution >= 4 is 34.0 Å². The molecule has 0 unspecified atom stereocenters. The Balaban J connectivity index is 0.00000180. The lowest BCUT2D eigenvalue weighted by atomic mass is 9.89. The first-order valence-corrected chi connectivity index (χ1v) is 7.27. The van der Waals surface area contributed by atoms with E-state index in [0.29, 0.717) is 12.5 Å². The van der Waals surface area contributed by atoms with Gasteiger partial charge in [0.2, 0.25) is 0 Å². The zero-order valence-electron chi connectivity index (χ0n) is 11.1. The minimum atomic E-state index is 0. The number of nitrogens with one attached hydrogen (secondary N) is 1. The van der Waals surface area contributed by atoms with Crippen molar-refractivity contribution < 1.29 is 4.84 Å². The van der Waals surface area contributed by atoms with Crippen LogP contribution in [0.2, 0.25) is 0 Å². The van der Waals surface area contributed by atoms with Gasteiger partial charge in [-0.05, 0) is 50.6 Å². The molecule has 1 aromatic carbocycles. The first-order chi connectivity index (χ1) is 8.81. The molecule has 1 heterocycles. The Labute approximate surface area is 129 Å². The Bertz CT molecular complexity index is 402. The molecule has 0 amide bonds. The quantitative estimate of drug-likeness (QED) is 0.667. The van der Waals surface area contributed by atoms with Gasteiger partial charge in [0.1, 0.15) is 6.61 Å². The van der Waals surface area contributed by atoms with Crippen LogP contribution in [0.25, 0.3) is 0 Å². The van der Waals surface area contributed by atoms with E-state index in [1.54, 1.807) is 0 Å². The predicted molar refractivity (Wildman–Crippen MR) is 85.1 cm³/mol. The third-order valence-electron chi connectivity index (χ3n) is 3.16. The summed E-state index contributed by atoms with van der Waals surface area (Å²) in [5.41, 5.74) is 2.25. The van der Waals surface area contributed by atoms with Crippen LogP contribution < -0.4 is 5.32 Å². The fourth-order valence-corrected chi connectivity index (χ4v) is 2.48. The molecule has 0 atom stereocenters. The molecule has 0 spiro atoms. The minimum absolute atomic E-state index is 0. The van der Waals surface area contributed by atoms with Gasteiger partial charge in [0, 0.05) is 10.4 Å². The van der Waals surface area contributed by atoms with Gasteiger partial charge < -0.3 is 10.2 Å². The fraction of sp³-hybridized carbons (Fsp3) is 0.500. The van der Waals surface area contributed by atoms with Crippen LogP contribution >= 0.6 is 28.3 Å². The molecule has 0 aromatic heterocycles. The number of rotatable bonds is 4. The van der Waals surface area contributed by atoms with Gasteiger partial charge in [-0.1, -0.05) is 33.2 Å². The second-order valence-corrected chi connectivity index (χ2v) is 5.34.